The molecule has 104 valence electrons. The molecule has 6 heteroatoms. The smallest absolute Gasteiger partial charge is 0.258 e. The predicted octanol–water partition coefficient (Wildman–Crippen LogP) is 1.81. The third kappa shape index (κ3) is 2.24. The number of fused-ring (bicyclic) bond motifs is 1. The Morgan fingerprint density at radius 3 is 2.85 bits per heavy atom. The zero-order valence-electron chi connectivity index (χ0n) is 11.4. The van der Waals surface area contributed by atoms with Crippen LogP contribution in [0.2, 0.25) is 0 Å². The summed E-state index contributed by atoms with van der Waals surface area (Å²) < 4.78 is 2.56. The lowest BCUT2D eigenvalue weighted by Crippen LogP contribution is -2.38. The summed E-state index contributed by atoms with van der Waals surface area (Å²) in [5.41, 5.74) is 1.77. The lowest BCUT2D eigenvalue weighted by molar-refractivity contribution is 0.650. The van der Waals surface area contributed by atoms with E-state index < -0.39 is 0 Å². The SMILES string of the molecule is Cc1nc2c(c(=O)n1C)CN(c1ccc(Br)cn1)CC2. The summed E-state index contributed by atoms with van der Waals surface area (Å²) in [6.07, 6.45) is 2.56. The normalized spacial score (nSPS) is 14.2. The molecule has 1 aliphatic heterocycles. The lowest BCUT2D eigenvalue weighted by Gasteiger charge is -2.29. The molecule has 0 atom stereocenters. The maximum Gasteiger partial charge on any atom is 0.258 e. The topological polar surface area (TPSA) is 51.0 Å². The van der Waals surface area contributed by atoms with Gasteiger partial charge < -0.3 is 4.90 Å². The highest BCUT2D eigenvalue weighted by Crippen LogP contribution is 2.21. The number of rotatable bonds is 1. The first kappa shape index (κ1) is 13.3. The molecule has 0 aromatic carbocycles. The van der Waals surface area contributed by atoms with Crippen molar-refractivity contribution in [3.63, 3.8) is 0 Å². The molecule has 0 saturated carbocycles. The van der Waals surface area contributed by atoms with E-state index in [1.807, 2.05) is 19.1 Å². The molecule has 0 amide bonds. The molecule has 3 rings (SSSR count). The van der Waals surface area contributed by atoms with E-state index in [1.54, 1.807) is 17.8 Å². The molecule has 0 bridgehead atoms. The Hall–Kier alpha value is -1.69. The predicted molar refractivity (Wildman–Crippen MR) is 80.9 cm³/mol. The van der Waals surface area contributed by atoms with E-state index in [9.17, 15) is 4.79 Å². The van der Waals surface area contributed by atoms with Gasteiger partial charge in [0, 0.05) is 30.7 Å². The molecular weight excluding hydrogens is 320 g/mol. The van der Waals surface area contributed by atoms with Gasteiger partial charge in [0.2, 0.25) is 0 Å². The number of aromatic nitrogens is 3. The molecule has 5 nitrogen and oxygen atoms in total. The van der Waals surface area contributed by atoms with Crippen molar-refractivity contribution in [2.24, 2.45) is 7.05 Å². The summed E-state index contributed by atoms with van der Waals surface area (Å²) in [5.74, 6) is 1.66. The van der Waals surface area contributed by atoms with Crippen molar-refractivity contribution in [2.45, 2.75) is 19.9 Å². The lowest BCUT2D eigenvalue weighted by atomic mass is 10.1. The van der Waals surface area contributed by atoms with Crippen LogP contribution in [0.25, 0.3) is 0 Å². The van der Waals surface area contributed by atoms with E-state index in [-0.39, 0.29) is 5.56 Å². The Balaban J connectivity index is 1.98. The van der Waals surface area contributed by atoms with Gasteiger partial charge in [0.05, 0.1) is 17.8 Å². The molecule has 0 radical (unpaired) electrons. The highest BCUT2D eigenvalue weighted by Gasteiger charge is 2.22. The standard InChI is InChI=1S/C14H15BrN4O/c1-9-17-12-5-6-19(8-11(12)14(20)18(9)2)13-4-3-10(15)7-16-13/h3-4,7H,5-6,8H2,1-2H3. The van der Waals surface area contributed by atoms with Crippen molar-refractivity contribution >= 4 is 21.7 Å². The maximum atomic E-state index is 12.3. The third-order valence-electron chi connectivity index (χ3n) is 3.70. The number of halogens is 1. The van der Waals surface area contributed by atoms with Crippen LogP contribution < -0.4 is 10.5 Å². The van der Waals surface area contributed by atoms with Gasteiger partial charge in [0.25, 0.3) is 5.56 Å². The van der Waals surface area contributed by atoms with Crippen LogP contribution in [0.15, 0.2) is 27.6 Å². The molecule has 3 heterocycles. The zero-order chi connectivity index (χ0) is 14.3. The van der Waals surface area contributed by atoms with Crippen molar-refractivity contribution < 1.29 is 0 Å². The summed E-state index contributed by atoms with van der Waals surface area (Å²) in [5, 5.41) is 0. The van der Waals surface area contributed by atoms with Crippen LogP contribution in [0.4, 0.5) is 5.82 Å². The second kappa shape index (κ2) is 5.01. The molecule has 1 aliphatic rings. The van der Waals surface area contributed by atoms with Crippen molar-refractivity contribution in [1.82, 2.24) is 14.5 Å². The summed E-state index contributed by atoms with van der Waals surface area (Å²) in [4.78, 5) is 23.4. The maximum absolute atomic E-state index is 12.3. The molecule has 0 saturated heterocycles. The molecule has 0 spiro atoms. The fourth-order valence-corrected chi connectivity index (χ4v) is 2.67. The summed E-state index contributed by atoms with van der Waals surface area (Å²) in [6.45, 7) is 3.27. The van der Waals surface area contributed by atoms with E-state index in [2.05, 4.69) is 30.8 Å². The van der Waals surface area contributed by atoms with Gasteiger partial charge in [-0.15, -0.1) is 0 Å². The number of nitrogens with zero attached hydrogens (tertiary/aromatic N) is 4. The zero-order valence-corrected chi connectivity index (χ0v) is 13.0. The minimum atomic E-state index is 0.0503. The molecule has 0 N–H and O–H groups in total. The number of aryl methyl sites for hydroxylation is 1. The Kier molecular flexibility index (Phi) is 3.33. The number of hydrogen-bond donors (Lipinski definition) is 0. The van der Waals surface area contributed by atoms with Gasteiger partial charge in [-0.3, -0.25) is 9.36 Å². The van der Waals surface area contributed by atoms with Crippen LogP contribution in [0.1, 0.15) is 17.1 Å². The van der Waals surface area contributed by atoms with Crippen LogP contribution in [-0.2, 0) is 20.0 Å². The Labute approximate surface area is 125 Å². The quantitative estimate of drug-likeness (QED) is 0.798. The van der Waals surface area contributed by atoms with Crippen molar-refractivity contribution in [3.8, 4) is 0 Å². The first-order valence-electron chi connectivity index (χ1n) is 6.48. The second-order valence-corrected chi connectivity index (χ2v) is 5.87. The molecule has 20 heavy (non-hydrogen) atoms. The Morgan fingerprint density at radius 2 is 2.15 bits per heavy atom. The van der Waals surface area contributed by atoms with Gasteiger partial charge >= 0.3 is 0 Å². The average molecular weight is 335 g/mol. The van der Waals surface area contributed by atoms with E-state index in [4.69, 9.17) is 0 Å². The highest BCUT2D eigenvalue weighted by molar-refractivity contribution is 9.10. The van der Waals surface area contributed by atoms with E-state index in [0.29, 0.717) is 6.54 Å². The van der Waals surface area contributed by atoms with Gasteiger partial charge in [-0.2, -0.15) is 0 Å². The summed E-state index contributed by atoms with van der Waals surface area (Å²) >= 11 is 3.38. The second-order valence-electron chi connectivity index (χ2n) is 4.95. The van der Waals surface area contributed by atoms with E-state index in [0.717, 1.165) is 40.3 Å². The van der Waals surface area contributed by atoms with Crippen molar-refractivity contribution in [3.05, 3.63) is 50.2 Å². The fraction of sp³-hybridized carbons (Fsp3) is 0.357. The Morgan fingerprint density at radius 1 is 1.35 bits per heavy atom. The number of hydrogen-bond acceptors (Lipinski definition) is 4. The number of pyridine rings is 1. The number of anilines is 1. The minimum absolute atomic E-state index is 0.0503. The van der Waals surface area contributed by atoms with Gasteiger partial charge in [-0.1, -0.05) is 0 Å². The molecule has 0 fully saturated rings. The first-order chi connectivity index (χ1) is 9.56. The van der Waals surface area contributed by atoms with Crippen LogP contribution in [-0.4, -0.2) is 21.1 Å². The summed E-state index contributed by atoms with van der Waals surface area (Å²) in [7, 11) is 1.77. The molecule has 2 aromatic rings. The van der Waals surface area contributed by atoms with Crippen LogP contribution in [0.3, 0.4) is 0 Å². The monoisotopic (exact) mass is 334 g/mol. The molecule has 0 aliphatic carbocycles. The van der Waals surface area contributed by atoms with Crippen molar-refractivity contribution in [1.29, 1.82) is 0 Å². The van der Waals surface area contributed by atoms with Gasteiger partial charge in [-0.05, 0) is 35.0 Å². The molecule has 2 aromatic heterocycles. The van der Waals surface area contributed by atoms with Crippen LogP contribution in [0, 0.1) is 6.92 Å². The molecular formula is C14H15BrN4O. The average Bonchev–Trinajstić information content (AvgIpc) is 2.46. The van der Waals surface area contributed by atoms with Gasteiger partial charge in [0.1, 0.15) is 11.6 Å². The Bertz CT molecular complexity index is 708. The van der Waals surface area contributed by atoms with E-state index in [1.165, 1.54) is 0 Å². The molecule has 0 unspecified atom stereocenters. The van der Waals surface area contributed by atoms with Crippen molar-refractivity contribution in [2.75, 3.05) is 11.4 Å². The first-order valence-corrected chi connectivity index (χ1v) is 7.27. The highest BCUT2D eigenvalue weighted by atomic mass is 79.9. The van der Waals surface area contributed by atoms with Crippen LogP contribution >= 0.6 is 15.9 Å². The van der Waals surface area contributed by atoms with Gasteiger partial charge in [0.15, 0.2) is 0 Å². The summed E-state index contributed by atoms with van der Waals surface area (Å²) in [6, 6.07) is 3.92. The van der Waals surface area contributed by atoms with E-state index >= 15 is 0 Å². The van der Waals surface area contributed by atoms with Gasteiger partial charge in [-0.25, -0.2) is 9.97 Å². The third-order valence-corrected chi connectivity index (χ3v) is 4.17. The van der Waals surface area contributed by atoms with Crippen LogP contribution in [0.5, 0.6) is 0 Å². The minimum Gasteiger partial charge on any atom is -0.352 e. The fourth-order valence-electron chi connectivity index (χ4n) is 2.44. The largest absolute Gasteiger partial charge is 0.352 e.